The Kier molecular flexibility index (Phi) is 8.91. The third kappa shape index (κ3) is 7.07. The van der Waals surface area contributed by atoms with Crippen LogP contribution in [-0.2, 0) is 9.47 Å². The molecule has 0 aromatic heterocycles. The monoisotopic (exact) mass is 282 g/mol. The number of para-hydroxylation sites is 1. The Labute approximate surface area is 119 Å². The molecule has 0 N–H and O–H groups in total. The summed E-state index contributed by atoms with van der Waals surface area (Å²) in [6.07, 6.45) is 0.677. The van der Waals surface area contributed by atoms with Crippen LogP contribution in [0.3, 0.4) is 0 Å². The van der Waals surface area contributed by atoms with Gasteiger partial charge in [-0.1, -0.05) is 24.0 Å². The number of hydrogen-bond donors (Lipinski definition) is 0. The van der Waals surface area contributed by atoms with Gasteiger partial charge in [-0.05, 0) is 12.1 Å². The van der Waals surface area contributed by atoms with Gasteiger partial charge in [0.05, 0.1) is 25.4 Å². The molecule has 0 aliphatic heterocycles. The Morgan fingerprint density at radius 1 is 1.11 bits per heavy atom. The first-order chi connectivity index (χ1) is 9.38. The molecule has 0 aliphatic rings. The number of halogens is 1. The van der Waals surface area contributed by atoms with Crippen molar-refractivity contribution < 1.29 is 14.2 Å². The van der Waals surface area contributed by atoms with Crippen molar-refractivity contribution in [1.82, 2.24) is 0 Å². The van der Waals surface area contributed by atoms with Gasteiger partial charge >= 0.3 is 0 Å². The van der Waals surface area contributed by atoms with Crippen molar-refractivity contribution in [3.8, 4) is 17.6 Å². The number of ether oxygens (including phenoxy) is 3. The highest BCUT2D eigenvalue weighted by molar-refractivity contribution is 6.18. The molecular formula is C15H19ClO3. The molecule has 0 saturated carbocycles. The summed E-state index contributed by atoms with van der Waals surface area (Å²) in [6.45, 7) is 2.21. The molecule has 1 rings (SSSR count). The summed E-state index contributed by atoms with van der Waals surface area (Å²) in [6, 6.07) is 7.70. The fourth-order valence-electron chi connectivity index (χ4n) is 1.36. The van der Waals surface area contributed by atoms with Gasteiger partial charge < -0.3 is 14.2 Å². The van der Waals surface area contributed by atoms with Crippen LogP contribution in [0.2, 0.25) is 0 Å². The molecule has 0 spiro atoms. The highest BCUT2D eigenvalue weighted by Gasteiger charge is 1.99. The second-order valence-corrected chi connectivity index (χ2v) is 4.07. The van der Waals surface area contributed by atoms with E-state index in [0.717, 1.165) is 11.3 Å². The van der Waals surface area contributed by atoms with E-state index in [-0.39, 0.29) is 0 Å². The highest BCUT2D eigenvalue weighted by Crippen LogP contribution is 2.16. The fourth-order valence-corrected chi connectivity index (χ4v) is 1.45. The Bertz CT molecular complexity index is 409. The van der Waals surface area contributed by atoms with E-state index in [2.05, 4.69) is 11.8 Å². The number of benzene rings is 1. The lowest BCUT2D eigenvalue weighted by atomic mass is 10.2. The second-order valence-electron chi connectivity index (χ2n) is 3.69. The Hall–Kier alpha value is -1.21. The maximum absolute atomic E-state index is 5.65. The maximum Gasteiger partial charge on any atom is 0.135 e. The van der Waals surface area contributed by atoms with E-state index in [1.54, 1.807) is 7.11 Å². The van der Waals surface area contributed by atoms with Crippen LogP contribution < -0.4 is 4.74 Å². The lowest BCUT2D eigenvalue weighted by molar-refractivity contribution is 0.0544. The molecule has 4 heteroatoms. The lowest BCUT2D eigenvalue weighted by Gasteiger charge is -2.08. The van der Waals surface area contributed by atoms with E-state index in [9.17, 15) is 0 Å². The summed E-state index contributed by atoms with van der Waals surface area (Å²) in [5, 5.41) is 0. The van der Waals surface area contributed by atoms with Crippen molar-refractivity contribution in [1.29, 1.82) is 0 Å². The third-order valence-corrected chi connectivity index (χ3v) is 2.44. The summed E-state index contributed by atoms with van der Waals surface area (Å²) in [5.74, 6) is 7.38. The Morgan fingerprint density at radius 3 is 2.68 bits per heavy atom. The molecule has 0 bridgehead atoms. The van der Waals surface area contributed by atoms with Crippen LogP contribution >= 0.6 is 11.6 Å². The van der Waals surface area contributed by atoms with Gasteiger partial charge in [-0.2, -0.15) is 0 Å². The molecule has 1 aromatic rings. The second kappa shape index (κ2) is 10.7. The van der Waals surface area contributed by atoms with Crippen molar-refractivity contribution >= 4 is 11.6 Å². The van der Waals surface area contributed by atoms with Crippen LogP contribution in [-0.4, -0.2) is 39.4 Å². The van der Waals surface area contributed by atoms with Crippen LogP contribution in [0.5, 0.6) is 5.75 Å². The topological polar surface area (TPSA) is 27.7 Å². The molecule has 3 nitrogen and oxygen atoms in total. The van der Waals surface area contributed by atoms with E-state index in [1.165, 1.54) is 0 Å². The predicted octanol–water partition coefficient (Wildman–Crippen LogP) is 2.71. The zero-order valence-electron chi connectivity index (χ0n) is 11.2. The quantitative estimate of drug-likeness (QED) is 0.417. The third-order valence-electron chi connectivity index (χ3n) is 2.25. The molecule has 0 fully saturated rings. The number of alkyl halides is 1. The van der Waals surface area contributed by atoms with Gasteiger partial charge in [0.25, 0.3) is 0 Å². The van der Waals surface area contributed by atoms with Crippen molar-refractivity contribution in [3.05, 3.63) is 29.8 Å². The van der Waals surface area contributed by atoms with Crippen molar-refractivity contribution in [3.63, 3.8) is 0 Å². The minimum Gasteiger partial charge on any atom is -0.490 e. The largest absolute Gasteiger partial charge is 0.490 e. The summed E-state index contributed by atoms with van der Waals surface area (Å²) < 4.78 is 15.9. The van der Waals surface area contributed by atoms with Crippen LogP contribution in [0.15, 0.2) is 24.3 Å². The Balaban J connectivity index is 2.38. The van der Waals surface area contributed by atoms with E-state index in [4.69, 9.17) is 25.8 Å². The van der Waals surface area contributed by atoms with Crippen molar-refractivity contribution in [2.75, 3.05) is 39.4 Å². The summed E-state index contributed by atoms with van der Waals surface area (Å²) in [5.41, 5.74) is 0.879. The molecule has 104 valence electrons. The number of methoxy groups -OCH3 is 1. The van der Waals surface area contributed by atoms with Gasteiger partial charge in [0.2, 0.25) is 0 Å². The lowest BCUT2D eigenvalue weighted by Crippen LogP contribution is -2.10. The smallest absolute Gasteiger partial charge is 0.135 e. The summed E-state index contributed by atoms with van der Waals surface area (Å²) >= 11 is 5.59. The number of rotatable bonds is 8. The van der Waals surface area contributed by atoms with E-state index in [0.29, 0.717) is 38.7 Å². The molecule has 0 radical (unpaired) electrons. The SMILES string of the molecule is COCCOCCOc1ccccc1C#CCCCl. The molecule has 19 heavy (non-hydrogen) atoms. The average molecular weight is 283 g/mol. The first kappa shape index (κ1) is 15.8. The van der Waals surface area contributed by atoms with Gasteiger partial charge in [0.15, 0.2) is 0 Å². The molecule has 1 aromatic carbocycles. The molecule has 0 atom stereocenters. The van der Waals surface area contributed by atoms with Crippen LogP contribution in [0.25, 0.3) is 0 Å². The first-order valence-corrected chi connectivity index (χ1v) is 6.75. The maximum atomic E-state index is 5.65. The average Bonchev–Trinajstić information content (AvgIpc) is 2.44. The van der Waals surface area contributed by atoms with E-state index < -0.39 is 0 Å². The minimum absolute atomic E-state index is 0.498. The van der Waals surface area contributed by atoms with E-state index in [1.807, 2.05) is 24.3 Å². The molecule has 0 aliphatic carbocycles. The summed E-state index contributed by atoms with van der Waals surface area (Å²) in [7, 11) is 1.65. The molecule has 0 unspecified atom stereocenters. The van der Waals surface area contributed by atoms with Crippen LogP contribution in [0, 0.1) is 11.8 Å². The predicted molar refractivity (Wildman–Crippen MR) is 76.8 cm³/mol. The molecule has 0 heterocycles. The molecular weight excluding hydrogens is 264 g/mol. The van der Waals surface area contributed by atoms with Gasteiger partial charge in [0.1, 0.15) is 12.4 Å². The molecule has 0 amide bonds. The highest BCUT2D eigenvalue weighted by atomic mass is 35.5. The van der Waals surface area contributed by atoms with Gasteiger partial charge in [-0.25, -0.2) is 0 Å². The van der Waals surface area contributed by atoms with Gasteiger partial charge in [-0.3, -0.25) is 0 Å². The standard InChI is InChI=1S/C15H19ClO3/c1-17-10-11-18-12-13-19-15-8-3-2-6-14(15)7-4-5-9-16/h2-3,6,8H,5,9-13H2,1H3. The zero-order valence-corrected chi connectivity index (χ0v) is 11.9. The first-order valence-electron chi connectivity index (χ1n) is 6.22. The Morgan fingerprint density at radius 2 is 1.89 bits per heavy atom. The number of hydrogen-bond acceptors (Lipinski definition) is 3. The van der Waals surface area contributed by atoms with Crippen LogP contribution in [0.4, 0.5) is 0 Å². The summed E-state index contributed by atoms with van der Waals surface area (Å²) in [4.78, 5) is 0. The fraction of sp³-hybridized carbons (Fsp3) is 0.467. The van der Waals surface area contributed by atoms with E-state index >= 15 is 0 Å². The minimum atomic E-state index is 0.498. The van der Waals surface area contributed by atoms with Gasteiger partial charge in [0, 0.05) is 19.4 Å². The molecule has 0 saturated heterocycles. The van der Waals surface area contributed by atoms with Crippen LogP contribution in [0.1, 0.15) is 12.0 Å². The van der Waals surface area contributed by atoms with Crippen molar-refractivity contribution in [2.24, 2.45) is 0 Å². The normalized spacial score (nSPS) is 9.79. The van der Waals surface area contributed by atoms with Crippen molar-refractivity contribution in [2.45, 2.75) is 6.42 Å². The van der Waals surface area contributed by atoms with Gasteiger partial charge in [-0.15, -0.1) is 11.6 Å². The zero-order chi connectivity index (χ0) is 13.8.